The van der Waals surface area contributed by atoms with Crippen molar-refractivity contribution in [2.24, 2.45) is 0 Å². The lowest BCUT2D eigenvalue weighted by Gasteiger charge is -2.22. The quantitative estimate of drug-likeness (QED) is 0.762. The summed E-state index contributed by atoms with van der Waals surface area (Å²) in [5.41, 5.74) is 3.76. The van der Waals surface area contributed by atoms with E-state index in [0.717, 1.165) is 5.56 Å². The van der Waals surface area contributed by atoms with Crippen molar-refractivity contribution in [1.82, 2.24) is 5.32 Å². The predicted molar refractivity (Wildman–Crippen MR) is 87.6 cm³/mol. The zero-order valence-corrected chi connectivity index (χ0v) is 13.5. The van der Waals surface area contributed by atoms with Crippen molar-refractivity contribution >= 4 is 23.2 Å². The highest BCUT2D eigenvalue weighted by Gasteiger charge is 2.13. The maximum absolute atomic E-state index is 6.08. The molecule has 0 saturated carbocycles. The van der Waals surface area contributed by atoms with Gasteiger partial charge in [-0.05, 0) is 49.6 Å². The molecule has 2 aromatic rings. The molecule has 2 rings (SSSR count). The lowest BCUT2D eigenvalue weighted by atomic mass is 10.0. The lowest BCUT2D eigenvalue weighted by molar-refractivity contribution is 0.493. The molecule has 3 heteroatoms. The van der Waals surface area contributed by atoms with Gasteiger partial charge in [-0.25, -0.2) is 0 Å². The van der Waals surface area contributed by atoms with Crippen LogP contribution in [0.5, 0.6) is 0 Å². The van der Waals surface area contributed by atoms with Gasteiger partial charge in [0.15, 0.2) is 0 Å². The van der Waals surface area contributed by atoms with Gasteiger partial charge in [0.1, 0.15) is 0 Å². The predicted octanol–water partition coefficient (Wildman–Crippen LogP) is 5.71. The molecular formula is C17H19Cl2N. The van der Waals surface area contributed by atoms with Crippen LogP contribution < -0.4 is 5.32 Å². The number of halogens is 2. The summed E-state index contributed by atoms with van der Waals surface area (Å²) >= 11 is 12.0. The van der Waals surface area contributed by atoms with E-state index in [1.807, 2.05) is 18.2 Å². The van der Waals surface area contributed by atoms with Gasteiger partial charge in [0.05, 0.1) is 10.0 Å². The normalized spacial score (nSPS) is 14.1. The largest absolute Gasteiger partial charge is 0.304 e. The molecule has 0 spiro atoms. The Labute approximate surface area is 130 Å². The minimum Gasteiger partial charge on any atom is -0.304 e. The molecule has 0 fully saturated rings. The second kappa shape index (κ2) is 6.62. The molecule has 1 N–H and O–H groups in total. The number of aryl methyl sites for hydroxylation is 1. The van der Waals surface area contributed by atoms with Gasteiger partial charge in [-0.1, -0.05) is 53.5 Å². The van der Waals surface area contributed by atoms with E-state index in [1.54, 1.807) is 0 Å². The van der Waals surface area contributed by atoms with Crippen LogP contribution in [0.3, 0.4) is 0 Å². The third-order valence-electron chi connectivity index (χ3n) is 3.60. The Bertz CT molecular complexity index is 595. The summed E-state index contributed by atoms with van der Waals surface area (Å²) in [5.74, 6) is 0. The molecule has 2 aromatic carbocycles. The van der Waals surface area contributed by atoms with Gasteiger partial charge in [0.2, 0.25) is 0 Å². The molecule has 0 saturated heterocycles. The fourth-order valence-electron chi connectivity index (χ4n) is 2.42. The minimum absolute atomic E-state index is 0.208. The molecule has 0 aliphatic rings. The first-order chi connectivity index (χ1) is 9.49. The summed E-state index contributed by atoms with van der Waals surface area (Å²) in [6.07, 6.45) is 0. The standard InChI is InChI=1S/C17H19Cl2N/c1-11-6-4-5-7-15(11)13(3)20-12(2)14-8-9-16(18)17(19)10-14/h4-10,12-13,20H,1-3H3/t12?,13-/m0/s1. The van der Waals surface area contributed by atoms with Crippen molar-refractivity contribution in [1.29, 1.82) is 0 Å². The third-order valence-corrected chi connectivity index (χ3v) is 4.34. The van der Waals surface area contributed by atoms with Crippen molar-refractivity contribution in [2.75, 3.05) is 0 Å². The molecule has 1 unspecified atom stereocenters. The highest BCUT2D eigenvalue weighted by Crippen LogP contribution is 2.27. The number of hydrogen-bond donors (Lipinski definition) is 1. The molecule has 2 atom stereocenters. The van der Waals surface area contributed by atoms with E-state index in [-0.39, 0.29) is 12.1 Å². The maximum Gasteiger partial charge on any atom is 0.0595 e. The molecule has 0 heterocycles. The average Bonchev–Trinajstić information content (AvgIpc) is 2.42. The number of benzene rings is 2. The SMILES string of the molecule is Cc1ccccc1[C@H](C)NC(C)c1ccc(Cl)c(Cl)c1. The van der Waals surface area contributed by atoms with Gasteiger partial charge >= 0.3 is 0 Å². The van der Waals surface area contributed by atoms with Crippen LogP contribution in [0.2, 0.25) is 10.0 Å². The molecule has 0 aromatic heterocycles. The van der Waals surface area contributed by atoms with Crippen molar-refractivity contribution in [3.05, 3.63) is 69.2 Å². The van der Waals surface area contributed by atoms with Gasteiger partial charge in [-0.2, -0.15) is 0 Å². The van der Waals surface area contributed by atoms with E-state index in [4.69, 9.17) is 23.2 Å². The second-order valence-electron chi connectivity index (χ2n) is 5.14. The molecule has 0 bridgehead atoms. The first-order valence-corrected chi connectivity index (χ1v) is 7.51. The zero-order chi connectivity index (χ0) is 14.7. The van der Waals surface area contributed by atoms with Gasteiger partial charge in [0.25, 0.3) is 0 Å². The summed E-state index contributed by atoms with van der Waals surface area (Å²) in [5, 5.41) is 4.79. The minimum atomic E-state index is 0.208. The molecule has 20 heavy (non-hydrogen) atoms. The Balaban J connectivity index is 2.13. The maximum atomic E-state index is 6.08. The second-order valence-corrected chi connectivity index (χ2v) is 5.95. The van der Waals surface area contributed by atoms with Crippen LogP contribution >= 0.6 is 23.2 Å². The molecule has 0 radical (unpaired) electrons. The van der Waals surface area contributed by atoms with Gasteiger partial charge in [0, 0.05) is 12.1 Å². The van der Waals surface area contributed by atoms with Gasteiger partial charge < -0.3 is 5.32 Å². The summed E-state index contributed by atoms with van der Waals surface area (Å²) in [4.78, 5) is 0. The fourth-order valence-corrected chi connectivity index (χ4v) is 2.72. The zero-order valence-electron chi connectivity index (χ0n) is 12.0. The Morgan fingerprint density at radius 1 is 0.900 bits per heavy atom. The van der Waals surface area contributed by atoms with Crippen LogP contribution in [-0.2, 0) is 0 Å². The molecule has 0 amide bonds. The third kappa shape index (κ3) is 3.54. The molecule has 0 aliphatic carbocycles. The Hall–Kier alpha value is -1.02. The van der Waals surface area contributed by atoms with Crippen LogP contribution in [0.1, 0.15) is 42.6 Å². The summed E-state index contributed by atoms with van der Waals surface area (Å²) in [6, 6.07) is 14.7. The van der Waals surface area contributed by atoms with Crippen molar-refractivity contribution < 1.29 is 0 Å². The summed E-state index contributed by atoms with van der Waals surface area (Å²) in [7, 11) is 0. The molecular weight excluding hydrogens is 289 g/mol. The highest BCUT2D eigenvalue weighted by atomic mass is 35.5. The van der Waals surface area contributed by atoms with Crippen molar-refractivity contribution in [3.63, 3.8) is 0 Å². The van der Waals surface area contributed by atoms with Crippen LogP contribution in [0, 0.1) is 6.92 Å². The van der Waals surface area contributed by atoms with E-state index in [2.05, 4.69) is 50.4 Å². The molecule has 106 valence electrons. The van der Waals surface area contributed by atoms with Crippen molar-refractivity contribution in [3.8, 4) is 0 Å². The van der Waals surface area contributed by atoms with Crippen LogP contribution in [-0.4, -0.2) is 0 Å². The van der Waals surface area contributed by atoms with Gasteiger partial charge in [-0.3, -0.25) is 0 Å². The summed E-state index contributed by atoms with van der Waals surface area (Å²) < 4.78 is 0. The number of nitrogens with one attached hydrogen (secondary N) is 1. The van der Waals surface area contributed by atoms with E-state index < -0.39 is 0 Å². The number of rotatable bonds is 4. The van der Waals surface area contributed by atoms with Crippen molar-refractivity contribution in [2.45, 2.75) is 32.9 Å². The Morgan fingerprint density at radius 3 is 2.25 bits per heavy atom. The Kier molecular flexibility index (Phi) is 5.09. The van der Waals surface area contributed by atoms with Crippen LogP contribution in [0.15, 0.2) is 42.5 Å². The Morgan fingerprint density at radius 2 is 1.60 bits per heavy atom. The monoisotopic (exact) mass is 307 g/mol. The number of hydrogen-bond acceptors (Lipinski definition) is 1. The topological polar surface area (TPSA) is 12.0 Å². The van der Waals surface area contributed by atoms with E-state index in [9.17, 15) is 0 Å². The smallest absolute Gasteiger partial charge is 0.0595 e. The first-order valence-electron chi connectivity index (χ1n) is 6.75. The average molecular weight is 308 g/mol. The van der Waals surface area contributed by atoms with Crippen LogP contribution in [0.4, 0.5) is 0 Å². The highest BCUT2D eigenvalue weighted by molar-refractivity contribution is 6.42. The van der Waals surface area contributed by atoms with Crippen LogP contribution in [0.25, 0.3) is 0 Å². The lowest BCUT2D eigenvalue weighted by Crippen LogP contribution is -2.23. The fraction of sp³-hybridized carbons (Fsp3) is 0.294. The van der Waals surface area contributed by atoms with E-state index in [0.29, 0.717) is 10.0 Å². The summed E-state index contributed by atoms with van der Waals surface area (Å²) in [6.45, 7) is 6.45. The van der Waals surface area contributed by atoms with E-state index >= 15 is 0 Å². The molecule has 0 aliphatic heterocycles. The van der Waals surface area contributed by atoms with Gasteiger partial charge in [-0.15, -0.1) is 0 Å². The first kappa shape index (κ1) is 15.4. The van der Waals surface area contributed by atoms with E-state index in [1.165, 1.54) is 11.1 Å². The molecule has 1 nitrogen and oxygen atoms in total.